The summed E-state index contributed by atoms with van der Waals surface area (Å²) in [6.45, 7) is 2.72. The van der Waals surface area contributed by atoms with Crippen LogP contribution in [0, 0.1) is 5.82 Å². The van der Waals surface area contributed by atoms with Gasteiger partial charge in [-0.15, -0.1) is 10.2 Å². The SMILES string of the molecule is CCn1c(SCc2ccccc2F)nnc1-c1ccc(Br)o1. The van der Waals surface area contributed by atoms with Gasteiger partial charge in [0, 0.05) is 12.3 Å². The summed E-state index contributed by atoms with van der Waals surface area (Å²) in [4.78, 5) is 0. The molecule has 0 unspecified atom stereocenters. The zero-order valence-electron chi connectivity index (χ0n) is 11.8. The summed E-state index contributed by atoms with van der Waals surface area (Å²) >= 11 is 4.74. The van der Waals surface area contributed by atoms with Crippen molar-refractivity contribution in [1.29, 1.82) is 0 Å². The van der Waals surface area contributed by atoms with Crippen molar-refractivity contribution >= 4 is 27.7 Å². The predicted octanol–water partition coefficient (Wildman–Crippen LogP) is 4.75. The fourth-order valence-corrected chi connectivity index (χ4v) is 3.35. The number of thioether (sulfide) groups is 1. The quantitative estimate of drug-likeness (QED) is 0.598. The van der Waals surface area contributed by atoms with Crippen LogP contribution in [0.2, 0.25) is 0 Å². The lowest BCUT2D eigenvalue weighted by Crippen LogP contribution is -1.99. The number of furan rings is 1. The summed E-state index contributed by atoms with van der Waals surface area (Å²) in [5.74, 6) is 1.63. The van der Waals surface area contributed by atoms with Gasteiger partial charge in [0.25, 0.3) is 0 Å². The minimum atomic E-state index is -0.201. The van der Waals surface area contributed by atoms with Crippen molar-refractivity contribution < 1.29 is 8.81 Å². The molecule has 0 aliphatic heterocycles. The van der Waals surface area contributed by atoms with Gasteiger partial charge in [-0.25, -0.2) is 4.39 Å². The van der Waals surface area contributed by atoms with Crippen LogP contribution in [0.5, 0.6) is 0 Å². The topological polar surface area (TPSA) is 43.9 Å². The second kappa shape index (κ2) is 6.66. The molecule has 0 bridgehead atoms. The van der Waals surface area contributed by atoms with Gasteiger partial charge in [0.2, 0.25) is 5.82 Å². The molecule has 3 rings (SSSR count). The molecule has 3 aromatic rings. The van der Waals surface area contributed by atoms with E-state index in [1.807, 2.05) is 29.7 Å². The van der Waals surface area contributed by atoms with Crippen LogP contribution in [-0.4, -0.2) is 14.8 Å². The molecule has 0 N–H and O–H groups in total. The van der Waals surface area contributed by atoms with E-state index in [0.717, 1.165) is 5.16 Å². The number of benzene rings is 1. The summed E-state index contributed by atoms with van der Waals surface area (Å²) < 4.78 is 21.8. The van der Waals surface area contributed by atoms with E-state index >= 15 is 0 Å². The van der Waals surface area contributed by atoms with Crippen LogP contribution >= 0.6 is 27.7 Å². The predicted molar refractivity (Wildman–Crippen MR) is 87.1 cm³/mol. The van der Waals surface area contributed by atoms with Crippen molar-refractivity contribution in [3.8, 4) is 11.6 Å². The molecule has 0 aliphatic rings. The number of rotatable bonds is 5. The third-order valence-electron chi connectivity index (χ3n) is 3.14. The number of hydrogen-bond donors (Lipinski definition) is 0. The molecule has 7 heteroatoms. The first-order chi connectivity index (χ1) is 10.7. The van der Waals surface area contributed by atoms with Crippen molar-refractivity contribution in [3.05, 3.63) is 52.4 Å². The van der Waals surface area contributed by atoms with Gasteiger partial charge in [0.05, 0.1) is 0 Å². The fourth-order valence-electron chi connectivity index (χ4n) is 2.06. The second-order valence-corrected chi connectivity index (χ2v) is 6.26. The maximum atomic E-state index is 13.7. The van der Waals surface area contributed by atoms with Gasteiger partial charge in [-0.3, -0.25) is 4.57 Å². The largest absolute Gasteiger partial charge is 0.446 e. The van der Waals surface area contributed by atoms with E-state index in [-0.39, 0.29) is 5.82 Å². The molecular formula is C15H13BrFN3OS. The summed E-state index contributed by atoms with van der Waals surface area (Å²) in [5, 5.41) is 9.13. The van der Waals surface area contributed by atoms with Gasteiger partial charge in [-0.05, 0) is 46.6 Å². The lowest BCUT2D eigenvalue weighted by molar-refractivity contribution is 0.543. The maximum Gasteiger partial charge on any atom is 0.200 e. The molecule has 0 atom stereocenters. The van der Waals surface area contributed by atoms with Crippen LogP contribution in [0.3, 0.4) is 0 Å². The highest BCUT2D eigenvalue weighted by Crippen LogP contribution is 2.29. The summed E-state index contributed by atoms with van der Waals surface area (Å²) in [6, 6.07) is 10.4. The molecule has 1 aromatic carbocycles. The monoisotopic (exact) mass is 381 g/mol. The van der Waals surface area contributed by atoms with Crippen LogP contribution in [0.25, 0.3) is 11.6 Å². The van der Waals surface area contributed by atoms with Crippen LogP contribution in [0.4, 0.5) is 4.39 Å². The van der Waals surface area contributed by atoms with Crippen LogP contribution < -0.4 is 0 Å². The van der Waals surface area contributed by atoms with Crippen LogP contribution in [0.1, 0.15) is 12.5 Å². The third-order valence-corrected chi connectivity index (χ3v) is 4.58. The van der Waals surface area contributed by atoms with Gasteiger partial charge in [0.15, 0.2) is 15.6 Å². The minimum absolute atomic E-state index is 0.201. The first-order valence-electron chi connectivity index (χ1n) is 6.74. The van der Waals surface area contributed by atoms with E-state index in [2.05, 4.69) is 26.1 Å². The fraction of sp³-hybridized carbons (Fsp3) is 0.200. The Balaban J connectivity index is 1.83. The maximum absolute atomic E-state index is 13.7. The van der Waals surface area contributed by atoms with E-state index in [1.54, 1.807) is 12.1 Å². The highest BCUT2D eigenvalue weighted by molar-refractivity contribution is 9.10. The zero-order valence-corrected chi connectivity index (χ0v) is 14.2. The van der Waals surface area contributed by atoms with E-state index in [4.69, 9.17) is 4.42 Å². The Morgan fingerprint density at radius 3 is 2.73 bits per heavy atom. The molecule has 0 spiro atoms. The zero-order chi connectivity index (χ0) is 15.5. The van der Waals surface area contributed by atoms with Crippen LogP contribution in [-0.2, 0) is 12.3 Å². The molecule has 114 valence electrons. The average molecular weight is 382 g/mol. The Hall–Kier alpha value is -1.60. The van der Waals surface area contributed by atoms with Gasteiger partial charge in [-0.2, -0.15) is 0 Å². The first-order valence-corrected chi connectivity index (χ1v) is 8.52. The highest BCUT2D eigenvalue weighted by Gasteiger charge is 2.16. The Bertz CT molecular complexity index is 787. The molecule has 0 aliphatic carbocycles. The smallest absolute Gasteiger partial charge is 0.200 e. The second-order valence-electron chi connectivity index (χ2n) is 4.53. The number of aromatic nitrogens is 3. The van der Waals surface area contributed by atoms with Crippen molar-refractivity contribution in [2.24, 2.45) is 0 Å². The summed E-state index contributed by atoms with van der Waals surface area (Å²) in [7, 11) is 0. The van der Waals surface area contributed by atoms with Gasteiger partial charge in [-0.1, -0.05) is 30.0 Å². The average Bonchev–Trinajstić information content (AvgIpc) is 3.12. The Labute approximate surface area is 139 Å². The van der Waals surface area contributed by atoms with Crippen molar-refractivity contribution in [2.45, 2.75) is 24.4 Å². The minimum Gasteiger partial charge on any atom is -0.446 e. The normalized spacial score (nSPS) is 11.0. The summed E-state index contributed by atoms with van der Waals surface area (Å²) in [5.41, 5.74) is 0.653. The van der Waals surface area contributed by atoms with E-state index in [9.17, 15) is 4.39 Å². The molecular weight excluding hydrogens is 369 g/mol. The number of nitrogens with zero attached hydrogens (tertiary/aromatic N) is 3. The standard InChI is InChI=1S/C15H13BrFN3OS/c1-2-20-14(12-7-8-13(16)21-12)18-19-15(20)22-9-10-5-3-4-6-11(10)17/h3-8H,2,9H2,1H3. The molecule has 0 amide bonds. The van der Waals surface area contributed by atoms with Gasteiger partial charge < -0.3 is 4.42 Å². The first kappa shape index (κ1) is 15.3. The molecule has 2 aromatic heterocycles. The molecule has 22 heavy (non-hydrogen) atoms. The molecule has 4 nitrogen and oxygen atoms in total. The number of halogens is 2. The van der Waals surface area contributed by atoms with Crippen molar-refractivity contribution in [3.63, 3.8) is 0 Å². The molecule has 2 heterocycles. The van der Waals surface area contributed by atoms with Gasteiger partial charge in [0.1, 0.15) is 5.82 Å². The van der Waals surface area contributed by atoms with Crippen LogP contribution in [0.15, 0.2) is 50.6 Å². The van der Waals surface area contributed by atoms with Gasteiger partial charge >= 0.3 is 0 Å². The van der Waals surface area contributed by atoms with E-state index < -0.39 is 0 Å². The van der Waals surface area contributed by atoms with Crippen molar-refractivity contribution in [1.82, 2.24) is 14.8 Å². The Morgan fingerprint density at radius 2 is 2.05 bits per heavy atom. The molecule has 0 saturated heterocycles. The third kappa shape index (κ3) is 3.10. The summed E-state index contributed by atoms with van der Waals surface area (Å²) in [6.07, 6.45) is 0. The highest BCUT2D eigenvalue weighted by atomic mass is 79.9. The lowest BCUT2D eigenvalue weighted by atomic mass is 10.2. The molecule has 0 fully saturated rings. The Morgan fingerprint density at radius 1 is 1.23 bits per heavy atom. The lowest BCUT2D eigenvalue weighted by Gasteiger charge is -2.06. The molecule has 0 saturated carbocycles. The van der Waals surface area contributed by atoms with Crippen molar-refractivity contribution in [2.75, 3.05) is 0 Å². The Kier molecular flexibility index (Phi) is 4.63. The number of hydrogen-bond acceptors (Lipinski definition) is 4. The van der Waals surface area contributed by atoms with E-state index in [1.165, 1.54) is 17.8 Å². The molecule has 0 radical (unpaired) electrons. The van der Waals surface area contributed by atoms with E-state index in [0.29, 0.717) is 34.1 Å².